The molecular weight excluding hydrogens is 374 g/mol. The van der Waals surface area contributed by atoms with Gasteiger partial charge in [-0.2, -0.15) is 4.31 Å². The maximum atomic E-state index is 13.0. The maximum Gasteiger partial charge on any atom is 0.243 e. The number of carbonyl (C=O) groups is 1. The Hall–Kier alpha value is -2.25. The summed E-state index contributed by atoms with van der Waals surface area (Å²) in [5.74, 6) is 0.0680. The molecule has 0 spiro atoms. The Labute approximate surface area is 166 Å². The third kappa shape index (κ3) is 3.95. The van der Waals surface area contributed by atoms with Gasteiger partial charge in [-0.05, 0) is 60.6 Å². The minimum atomic E-state index is -3.50. The van der Waals surface area contributed by atoms with Crippen LogP contribution in [0.5, 0.6) is 0 Å². The van der Waals surface area contributed by atoms with E-state index in [1.807, 2.05) is 24.3 Å². The van der Waals surface area contributed by atoms with Crippen LogP contribution in [0.3, 0.4) is 0 Å². The van der Waals surface area contributed by atoms with Crippen LogP contribution in [0.1, 0.15) is 29.5 Å². The number of benzene rings is 1. The van der Waals surface area contributed by atoms with Crippen LogP contribution in [-0.2, 0) is 34.1 Å². The van der Waals surface area contributed by atoms with Crippen molar-refractivity contribution in [1.82, 2.24) is 14.2 Å². The highest BCUT2D eigenvalue weighted by Crippen LogP contribution is 2.26. The first-order valence-electron chi connectivity index (χ1n) is 9.83. The highest BCUT2D eigenvalue weighted by molar-refractivity contribution is 7.89. The van der Waals surface area contributed by atoms with Crippen LogP contribution in [0.15, 0.2) is 47.6 Å². The van der Waals surface area contributed by atoms with Crippen LogP contribution >= 0.6 is 0 Å². The summed E-state index contributed by atoms with van der Waals surface area (Å²) in [4.78, 5) is 18.7. The zero-order valence-corrected chi connectivity index (χ0v) is 16.7. The van der Waals surface area contributed by atoms with Gasteiger partial charge in [0.1, 0.15) is 0 Å². The van der Waals surface area contributed by atoms with Crippen molar-refractivity contribution in [2.24, 2.45) is 0 Å². The molecule has 2 aliphatic rings. The number of fused-ring (bicyclic) bond motifs is 1. The van der Waals surface area contributed by atoms with Crippen LogP contribution in [0.25, 0.3) is 0 Å². The lowest BCUT2D eigenvalue weighted by molar-refractivity contribution is -0.132. The fourth-order valence-corrected chi connectivity index (χ4v) is 5.46. The Morgan fingerprint density at radius 1 is 1.04 bits per heavy atom. The van der Waals surface area contributed by atoms with Crippen molar-refractivity contribution in [3.63, 3.8) is 0 Å². The second-order valence-electron chi connectivity index (χ2n) is 7.43. The number of aryl methyl sites for hydroxylation is 3. The number of amides is 1. The average molecular weight is 400 g/mol. The maximum absolute atomic E-state index is 13.0. The number of sulfonamides is 1. The molecule has 1 amide bonds. The number of pyridine rings is 1. The first-order chi connectivity index (χ1) is 13.5. The number of hydrogen-bond donors (Lipinski definition) is 0. The molecule has 0 saturated carbocycles. The highest BCUT2D eigenvalue weighted by Gasteiger charge is 2.30. The summed E-state index contributed by atoms with van der Waals surface area (Å²) >= 11 is 0. The topological polar surface area (TPSA) is 70.6 Å². The third-order valence-electron chi connectivity index (χ3n) is 5.65. The fourth-order valence-electron chi connectivity index (χ4n) is 3.99. The summed E-state index contributed by atoms with van der Waals surface area (Å²) in [5.41, 5.74) is 3.46. The Bertz CT molecular complexity index is 952. The quantitative estimate of drug-likeness (QED) is 0.771. The Kier molecular flexibility index (Phi) is 5.46. The molecule has 1 aliphatic carbocycles. The van der Waals surface area contributed by atoms with E-state index in [0.717, 1.165) is 30.4 Å². The van der Waals surface area contributed by atoms with Crippen LogP contribution < -0.4 is 0 Å². The second kappa shape index (κ2) is 8.01. The molecular formula is C21H25N3O3S. The molecule has 2 heterocycles. The predicted octanol–water partition coefficient (Wildman–Crippen LogP) is 2.04. The molecule has 1 aromatic heterocycles. The molecule has 0 N–H and O–H groups in total. The van der Waals surface area contributed by atoms with Gasteiger partial charge in [0.25, 0.3) is 0 Å². The van der Waals surface area contributed by atoms with Gasteiger partial charge in [0.2, 0.25) is 15.9 Å². The van der Waals surface area contributed by atoms with Crippen LogP contribution in [-0.4, -0.2) is 54.7 Å². The van der Waals surface area contributed by atoms with E-state index in [0.29, 0.717) is 43.9 Å². The lowest BCUT2D eigenvalue weighted by Gasteiger charge is -2.34. The van der Waals surface area contributed by atoms with Gasteiger partial charge in [0.05, 0.1) is 4.90 Å². The van der Waals surface area contributed by atoms with E-state index in [9.17, 15) is 13.2 Å². The van der Waals surface area contributed by atoms with Crippen LogP contribution in [0.4, 0.5) is 0 Å². The number of carbonyl (C=O) groups excluding carboxylic acids is 1. The molecule has 0 atom stereocenters. The minimum Gasteiger partial charge on any atom is -0.340 e. The lowest BCUT2D eigenvalue weighted by atomic mass is 10.1. The molecule has 1 aromatic carbocycles. The molecule has 1 saturated heterocycles. The average Bonchev–Trinajstić information content (AvgIpc) is 3.21. The molecule has 1 fully saturated rings. The van der Waals surface area contributed by atoms with Gasteiger partial charge >= 0.3 is 0 Å². The fraction of sp³-hybridized carbons (Fsp3) is 0.429. The molecule has 4 rings (SSSR count). The van der Waals surface area contributed by atoms with Crippen LogP contribution in [0.2, 0.25) is 0 Å². The number of rotatable bonds is 5. The smallest absolute Gasteiger partial charge is 0.243 e. The molecule has 2 aromatic rings. The van der Waals surface area contributed by atoms with Gasteiger partial charge in [-0.1, -0.05) is 12.1 Å². The van der Waals surface area contributed by atoms with Gasteiger partial charge in [0.15, 0.2) is 0 Å². The molecule has 7 heteroatoms. The predicted molar refractivity (Wildman–Crippen MR) is 106 cm³/mol. The number of nitrogens with zero attached hydrogens (tertiary/aromatic N) is 3. The molecule has 0 bridgehead atoms. The van der Waals surface area contributed by atoms with E-state index in [2.05, 4.69) is 4.98 Å². The number of hydrogen-bond acceptors (Lipinski definition) is 4. The van der Waals surface area contributed by atoms with E-state index in [1.54, 1.807) is 23.4 Å². The second-order valence-corrected chi connectivity index (χ2v) is 9.37. The van der Waals surface area contributed by atoms with E-state index in [1.165, 1.54) is 9.87 Å². The molecule has 0 radical (unpaired) electrons. The van der Waals surface area contributed by atoms with E-state index in [4.69, 9.17) is 0 Å². The highest BCUT2D eigenvalue weighted by atomic mass is 32.2. The molecule has 6 nitrogen and oxygen atoms in total. The zero-order chi connectivity index (χ0) is 19.6. The van der Waals surface area contributed by atoms with Crippen molar-refractivity contribution in [3.8, 4) is 0 Å². The van der Waals surface area contributed by atoms with Gasteiger partial charge in [-0.3, -0.25) is 9.78 Å². The summed E-state index contributed by atoms with van der Waals surface area (Å²) in [6, 6.07) is 9.34. The first kappa shape index (κ1) is 19.1. The molecule has 28 heavy (non-hydrogen) atoms. The van der Waals surface area contributed by atoms with Crippen LogP contribution in [0, 0.1) is 0 Å². The Morgan fingerprint density at radius 3 is 2.57 bits per heavy atom. The number of aromatic nitrogens is 1. The first-order valence-corrected chi connectivity index (χ1v) is 11.3. The van der Waals surface area contributed by atoms with Crippen molar-refractivity contribution >= 4 is 15.9 Å². The van der Waals surface area contributed by atoms with Crippen molar-refractivity contribution in [2.75, 3.05) is 26.2 Å². The Morgan fingerprint density at radius 2 is 1.82 bits per heavy atom. The zero-order valence-electron chi connectivity index (χ0n) is 15.9. The van der Waals surface area contributed by atoms with Gasteiger partial charge < -0.3 is 4.90 Å². The van der Waals surface area contributed by atoms with E-state index < -0.39 is 10.0 Å². The van der Waals surface area contributed by atoms with Crippen molar-refractivity contribution in [3.05, 3.63) is 59.4 Å². The van der Waals surface area contributed by atoms with Gasteiger partial charge in [0, 0.05) is 45.0 Å². The standard InChI is InChI=1S/C21H25N3O3S/c25-21(9-6-17-3-2-10-22-16-17)23-11-13-24(14-12-23)28(26,27)20-8-7-18-4-1-5-19(18)15-20/h2-3,7-8,10,15-16H,1,4-6,9,11-14H2. The van der Waals surface area contributed by atoms with E-state index >= 15 is 0 Å². The largest absolute Gasteiger partial charge is 0.340 e. The van der Waals surface area contributed by atoms with Crippen molar-refractivity contribution < 1.29 is 13.2 Å². The van der Waals surface area contributed by atoms with Gasteiger partial charge in [-0.25, -0.2) is 8.42 Å². The number of piperazine rings is 1. The summed E-state index contributed by atoms with van der Waals surface area (Å²) in [5, 5.41) is 0. The van der Waals surface area contributed by atoms with Crippen molar-refractivity contribution in [2.45, 2.75) is 37.0 Å². The van der Waals surface area contributed by atoms with Gasteiger partial charge in [-0.15, -0.1) is 0 Å². The summed E-state index contributed by atoms with van der Waals surface area (Å²) < 4.78 is 27.5. The minimum absolute atomic E-state index is 0.0680. The summed E-state index contributed by atoms with van der Waals surface area (Å²) in [7, 11) is -3.50. The summed E-state index contributed by atoms with van der Waals surface area (Å²) in [6.07, 6.45) is 7.65. The molecule has 0 unspecified atom stereocenters. The Balaban J connectivity index is 1.35. The normalized spacial score (nSPS) is 17.5. The SMILES string of the molecule is O=C(CCc1cccnc1)N1CCN(S(=O)(=O)c2ccc3c(c2)CCC3)CC1. The van der Waals surface area contributed by atoms with Crippen molar-refractivity contribution in [1.29, 1.82) is 0 Å². The summed E-state index contributed by atoms with van der Waals surface area (Å²) in [6.45, 7) is 1.57. The lowest BCUT2D eigenvalue weighted by Crippen LogP contribution is -2.50. The van der Waals surface area contributed by atoms with E-state index in [-0.39, 0.29) is 5.91 Å². The molecule has 1 aliphatic heterocycles. The molecule has 148 valence electrons. The third-order valence-corrected chi connectivity index (χ3v) is 7.54. The monoisotopic (exact) mass is 399 g/mol.